The van der Waals surface area contributed by atoms with Crippen molar-refractivity contribution in [1.82, 2.24) is 15.1 Å². The van der Waals surface area contributed by atoms with Gasteiger partial charge in [0.2, 0.25) is 5.78 Å². The molecule has 7 nitrogen and oxygen atoms in total. The number of primary amides is 1. The Bertz CT molecular complexity index is 1380. The Hall–Kier alpha value is -4.59. The maximum Gasteiger partial charge on any atom is 0.287 e. The third kappa shape index (κ3) is 5.50. The van der Waals surface area contributed by atoms with Gasteiger partial charge in [-0.25, -0.2) is 9.07 Å². The summed E-state index contributed by atoms with van der Waals surface area (Å²) in [4.78, 5) is 37.3. The molecule has 0 unspecified atom stereocenters. The van der Waals surface area contributed by atoms with Gasteiger partial charge in [0.05, 0.1) is 11.4 Å². The van der Waals surface area contributed by atoms with Gasteiger partial charge < -0.3 is 11.1 Å². The zero-order valence-electron chi connectivity index (χ0n) is 18.9. The number of benzene rings is 3. The molecule has 0 saturated heterocycles. The normalized spacial score (nSPS) is 11.6. The molecule has 2 amide bonds. The first-order valence-electron chi connectivity index (χ1n) is 10.9. The second-order valence-electron chi connectivity index (χ2n) is 8.08. The lowest BCUT2D eigenvalue weighted by Crippen LogP contribution is -2.47. The SMILES string of the molecule is Cc1cc(C(=O)N[C@@H](Cc2ccccc2)C(=O)C(N)=O)n(-c2cccc(-c3ccc(F)cc3)c2)n1. The number of aromatic nitrogens is 2. The van der Waals surface area contributed by atoms with Gasteiger partial charge in [0.25, 0.3) is 11.8 Å². The van der Waals surface area contributed by atoms with Crippen LogP contribution in [0, 0.1) is 12.7 Å². The van der Waals surface area contributed by atoms with Crippen LogP contribution in [-0.4, -0.2) is 33.4 Å². The van der Waals surface area contributed by atoms with Crippen molar-refractivity contribution in [2.45, 2.75) is 19.4 Å². The average Bonchev–Trinajstić information content (AvgIpc) is 3.26. The van der Waals surface area contributed by atoms with E-state index in [1.54, 1.807) is 55.5 Å². The molecule has 0 spiro atoms. The fourth-order valence-electron chi connectivity index (χ4n) is 3.78. The number of rotatable bonds is 8. The molecular formula is C27H23FN4O3. The summed E-state index contributed by atoms with van der Waals surface area (Å²) in [5.41, 5.74) is 8.99. The number of nitrogens with two attached hydrogens (primary N) is 1. The molecule has 35 heavy (non-hydrogen) atoms. The maximum absolute atomic E-state index is 13.3. The van der Waals surface area contributed by atoms with E-state index in [9.17, 15) is 18.8 Å². The highest BCUT2D eigenvalue weighted by molar-refractivity contribution is 6.38. The number of Topliss-reactive ketones (excluding diaryl/α,β-unsaturated/α-hetero) is 1. The molecule has 0 fully saturated rings. The fourth-order valence-corrected chi connectivity index (χ4v) is 3.78. The quantitative estimate of drug-likeness (QED) is 0.385. The zero-order valence-corrected chi connectivity index (χ0v) is 18.9. The van der Waals surface area contributed by atoms with E-state index in [1.807, 2.05) is 24.3 Å². The van der Waals surface area contributed by atoms with Crippen molar-refractivity contribution in [1.29, 1.82) is 0 Å². The molecule has 0 aliphatic carbocycles. The number of hydrogen-bond acceptors (Lipinski definition) is 4. The van der Waals surface area contributed by atoms with Gasteiger partial charge in [0, 0.05) is 6.42 Å². The summed E-state index contributed by atoms with van der Waals surface area (Å²) in [6, 6.07) is 22.9. The molecule has 1 aromatic heterocycles. The highest BCUT2D eigenvalue weighted by Crippen LogP contribution is 2.23. The number of ketones is 1. The van der Waals surface area contributed by atoms with Crippen molar-refractivity contribution < 1.29 is 18.8 Å². The number of aryl methyl sites for hydroxylation is 1. The molecule has 1 atom stereocenters. The Morgan fingerprint density at radius 3 is 2.34 bits per heavy atom. The smallest absolute Gasteiger partial charge is 0.287 e. The van der Waals surface area contributed by atoms with E-state index < -0.39 is 23.6 Å². The van der Waals surface area contributed by atoms with Crippen LogP contribution in [0.3, 0.4) is 0 Å². The van der Waals surface area contributed by atoms with E-state index in [4.69, 9.17) is 5.73 Å². The Balaban J connectivity index is 1.64. The van der Waals surface area contributed by atoms with Crippen molar-refractivity contribution in [2.75, 3.05) is 0 Å². The minimum Gasteiger partial charge on any atom is -0.363 e. The van der Waals surface area contributed by atoms with Crippen molar-refractivity contribution in [3.05, 3.63) is 108 Å². The summed E-state index contributed by atoms with van der Waals surface area (Å²) >= 11 is 0. The first-order chi connectivity index (χ1) is 16.8. The summed E-state index contributed by atoms with van der Waals surface area (Å²) in [5, 5.41) is 7.09. The van der Waals surface area contributed by atoms with Crippen molar-refractivity contribution in [3.8, 4) is 16.8 Å². The number of carbonyl (C=O) groups excluding carboxylic acids is 3. The zero-order chi connectivity index (χ0) is 24.9. The number of nitrogens with one attached hydrogen (secondary N) is 1. The first-order valence-corrected chi connectivity index (χ1v) is 10.9. The highest BCUT2D eigenvalue weighted by atomic mass is 19.1. The van der Waals surface area contributed by atoms with Gasteiger partial charge in [-0.1, -0.05) is 54.6 Å². The predicted molar refractivity (Wildman–Crippen MR) is 129 cm³/mol. The molecule has 0 bridgehead atoms. The van der Waals surface area contributed by atoms with Crippen molar-refractivity contribution in [3.63, 3.8) is 0 Å². The van der Waals surface area contributed by atoms with Gasteiger partial charge in [0.15, 0.2) is 0 Å². The number of amides is 2. The van der Waals surface area contributed by atoms with Crippen molar-refractivity contribution in [2.24, 2.45) is 5.73 Å². The van der Waals surface area contributed by atoms with Crippen LogP contribution >= 0.6 is 0 Å². The number of nitrogens with zero attached hydrogens (tertiary/aromatic N) is 2. The largest absolute Gasteiger partial charge is 0.363 e. The van der Waals surface area contributed by atoms with Gasteiger partial charge in [-0.05, 0) is 53.9 Å². The van der Waals surface area contributed by atoms with Crippen molar-refractivity contribution >= 4 is 17.6 Å². The molecule has 176 valence electrons. The van der Waals surface area contributed by atoms with Gasteiger partial charge in [-0.3, -0.25) is 14.4 Å². The summed E-state index contributed by atoms with van der Waals surface area (Å²) < 4.78 is 14.8. The van der Waals surface area contributed by atoms with Gasteiger partial charge in [-0.15, -0.1) is 0 Å². The number of hydrogen-bond donors (Lipinski definition) is 2. The fraction of sp³-hybridized carbons (Fsp3) is 0.111. The van der Waals surface area contributed by atoms with Crippen LogP contribution in [0.25, 0.3) is 16.8 Å². The van der Waals surface area contributed by atoms with Crippen LogP contribution in [0.5, 0.6) is 0 Å². The third-order valence-electron chi connectivity index (χ3n) is 5.48. The van der Waals surface area contributed by atoms with Crippen LogP contribution in [0.1, 0.15) is 21.7 Å². The van der Waals surface area contributed by atoms with Gasteiger partial charge in [0.1, 0.15) is 17.6 Å². The lowest BCUT2D eigenvalue weighted by molar-refractivity contribution is -0.137. The Labute approximate surface area is 201 Å². The number of carbonyl (C=O) groups is 3. The standard InChI is InChI=1S/C27H23FN4O3/c1-17-14-24(27(35)30-23(25(33)26(29)34)15-18-6-3-2-4-7-18)32(31-17)22-9-5-8-20(16-22)19-10-12-21(28)13-11-19/h2-14,16,23H,15H2,1H3,(H2,29,34)(H,30,35)/t23-/m0/s1. The third-order valence-corrected chi connectivity index (χ3v) is 5.48. The lowest BCUT2D eigenvalue weighted by atomic mass is 10.0. The molecule has 8 heteroatoms. The summed E-state index contributed by atoms with van der Waals surface area (Å²) in [5.74, 6) is -2.92. The highest BCUT2D eigenvalue weighted by Gasteiger charge is 2.27. The van der Waals surface area contributed by atoms with Crippen LogP contribution in [-0.2, 0) is 16.0 Å². The van der Waals surface area contributed by atoms with Crippen LogP contribution < -0.4 is 11.1 Å². The topological polar surface area (TPSA) is 107 Å². The second kappa shape index (κ2) is 10.1. The molecule has 1 heterocycles. The Morgan fingerprint density at radius 1 is 0.943 bits per heavy atom. The summed E-state index contributed by atoms with van der Waals surface area (Å²) in [6.07, 6.45) is 0.113. The second-order valence-corrected chi connectivity index (χ2v) is 8.08. The molecule has 3 aromatic carbocycles. The van der Waals surface area contributed by atoms with Crippen LogP contribution in [0.2, 0.25) is 0 Å². The molecule has 0 aliphatic heterocycles. The average molecular weight is 471 g/mol. The molecule has 3 N–H and O–H groups in total. The molecule has 4 rings (SSSR count). The molecular weight excluding hydrogens is 447 g/mol. The van der Waals surface area contributed by atoms with E-state index in [0.717, 1.165) is 16.7 Å². The first kappa shape index (κ1) is 23.6. The maximum atomic E-state index is 13.3. The van der Waals surface area contributed by atoms with E-state index >= 15 is 0 Å². The summed E-state index contributed by atoms with van der Waals surface area (Å²) in [7, 11) is 0. The predicted octanol–water partition coefficient (Wildman–Crippen LogP) is 3.38. The molecule has 0 radical (unpaired) electrons. The lowest BCUT2D eigenvalue weighted by Gasteiger charge is -2.17. The summed E-state index contributed by atoms with van der Waals surface area (Å²) in [6.45, 7) is 1.74. The Morgan fingerprint density at radius 2 is 1.66 bits per heavy atom. The van der Waals surface area contributed by atoms with E-state index in [2.05, 4.69) is 10.4 Å². The van der Waals surface area contributed by atoms with Crippen LogP contribution in [0.4, 0.5) is 4.39 Å². The van der Waals surface area contributed by atoms with Gasteiger partial charge >= 0.3 is 0 Å². The number of halogens is 1. The minimum atomic E-state index is -1.13. The van der Waals surface area contributed by atoms with Gasteiger partial charge in [-0.2, -0.15) is 5.10 Å². The minimum absolute atomic E-state index is 0.113. The molecule has 0 saturated carbocycles. The molecule has 4 aromatic rings. The van der Waals surface area contributed by atoms with E-state index in [-0.39, 0.29) is 17.9 Å². The molecule has 0 aliphatic rings. The van der Waals surface area contributed by atoms with E-state index in [1.165, 1.54) is 16.8 Å². The van der Waals surface area contributed by atoms with Crippen LogP contribution in [0.15, 0.2) is 84.9 Å². The Kier molecular flexibility index (Phi) is 6.82. The van der Waals surface area contributed by atoms with E-state index in [0.29, 0.717) is 11.4 Å². The monoisotopic (exact) mass is 470 g/mol.